The molecular weight excluding hydrogens is 1020 g/mol. The summed E-state index contributed by atoms with van der Waals surface area (Å²) in [6.45, 7) is -0.765. The average molecular weight is 1070 g/mol. The highest BCUT2D eigenvalue weighted by atomic mass is 35.5. The minimum absolute atomic E-state index is 0.0181. The van der Waals surface area contributed by atoms with Crippen molar-refractivity contribution in [2.75, 3.05) is 91.4 Å². The van der Waals surface area contributed by atoms with Gasteiger partial charge in [0.2, 0.25) is 39.4 Å². The number of carbonyl (C=O) groups is 9. The van der Waals surface area contributed by atoms with Crippen LogP contribution in [0.4, 0.5) is 5.69 Å². The van der Waals surface area contributed by atoms with Gasteiger partial charge in [0.1, 0.15) is 42.5 Å². The van der Waals surface area contributed by atoms with E-state index in [1.165, 1.54) is 53.1 Å². The van der Waals surface area contributed by atoms with Crippen molar-refractivity contribution in [3.63, 3.8) is 0 Å². The first-order chi connectivity index (χ1) is 34.7. The Morgan fingerprint density at radius 3 is 1.55 bits per heavy atom. The molecule has 0 saturated heterocycles. The first kappa shape index (κ1) is 57.8. The van der Waals surface area contributed by atoms with Gasteiger partial charge in [-0.2, -0.15) is 0 Å². The number of anilines is 1. The number of halogens is 2. The smallest absolute Gasteiger partial charge is 0.328 e. The van der Waals surface area contributed by atoms with Crippen molar-refractivity contribution in [3.05, 3.63) is 62.7 Å². The summed E-state index contributed by atoms with van der Waals surface area (Å²) in [5, 5.41) is 0.237. The molecular formula is C46H48Cl2N2O23. The predicted octanol–water partition coefficient (Wildman–Crippen LogP) is 3.53. The molecule has 0 unspecified atom stereocenters. The van der Waals surface area contributed by atoms with Crippen LogP contribution < -0.4 is 19.8 Å². The van der Waals surface area contributed by atoms with E-state index in [-0.39, 0.29) is 64.9 Å². The van der Waals surface area contributed by atoms with Crippen LogP contribution in [0.15, 0.2) is 51.7 Å². The fourth-order valence-electron chi connectivity index (χ4n) is 6.06. The molecule has 1 aliphatic heterocycles. The van der Waals surface area contributed by atoms with Crippen LogP contribution in [0.3, 0.4) is 0 Å². The van der Waals surface area contributed by atoms with Gasteiger partial charge in [-0.1, -0.05) is 29.3 Å². The molecule has 0 bridgehead atoms. The molecule has 0 saturated carbocycles. The summed E-state index contributed by atoms with van der Waals surface area (Å²) in [6.07, 6.45) is 0. The largest absolute Gasteiger partial charge is 0.489 e. The first-order valence-corrected chi connectivity index (χ1v) is 22.1. The summed E-state index contributed by atoms with van der Waals surface area (Å²) in [5.74, 6) is -7.12. The molecule has 0 N–H and O–H groups in total. The predicted molar refractivity (Wildman–Crippen MR) is 248 cm³/mol. The van der Waals surface area contributed by atoms with E-state index in [4.69, 9.17) is 75.0 Å². The average Bonchev–Trinajstić information content (AvgIpc) is 3.29. The zero-order valence-corrected chi connectivity index (χ0v) is 41.3. The second-order valence-electron chi connectivity index (χ2n) is 14.7. The SMILES string of the molecule is CC(=O)OCOC(=O)CN(CCOCCOc1cc(-c2c3cc(Cl)c(=O)cc-3oc3cc(OCOC(C)=O)c(Cl)cc23)ccc1N(CC(=O)OCOC(C)=O)CC(=O)OCOC(C)=O)CC(=O)OCOC(C)=O. The number of hydrogen-bond acceptors (Lipinski definition) is 25. The van der Waals surface area contributed by atoms with Crippen molar-refractivity contribution in [2.45, 2.75) is 34.6 Å². The fraction of sp³-hybridized carbons (Fsp3) is 0.391. The standard InChI is InChI=1S/C46H48Cl2N2O23/c1-26(51)63-21-68-40-16-39-33(14-35(40)48)46(32-13-34(47)37(56)15-38(32)73-39)31-6-7-36(50(19-44(59)71-24-66-29(4)54)20-45(60)72-25-67-30(5)55)41(12-31)62-11-10-61-9-8-49(17-42(57)69-22-64-27(2)52)18-43(58)70-23-65-28(3)53/h6-7,12-16H,8-11,17-25H2,1-5H3. The van der Waals surface area contributed by atoms with Crippen molar-refractivity contribution in [1.29, 1.82) is 0 Å². The van der Waals surface area contributed by atoms with E-state index in [0.29, 0.717) is 22.1 Å². The molecule has 2 aromatic rings. The molecule has 73 heavy (non-hydrogen) atoms. The topological polar surface area (TPSA) is 301 Å². The fourth-order valence-corrected chi connectivity index (χ4v) is 6.44. The van der Waals surface area contributed by atoms with Gasteiger partial charge < -0.3 is 66.2 Å². The Kier molecular flexibility index (Phi) is 22.9. The van der Waals surface area contributed by atoms with E-state index < -0.39 is 119 Å². The van der Waals surface area contributed by atoms with Crippen LogP contribution in [-0.2, 0) is 90.5 Å². The number of ether oxygens (including phenoxy) is 12. The second-order valence-corrected chi connectivity index (χ2v) is 15.5. The molecule has 2 aromatic carbocycles. The molecule has 1 heterocycles. The van der Waals surface area contributed by atoms with Gasteiger partial charge in [-0.05, 0) is 29.8 Å². The molecule has 0 aromatic heterocycles. The van der Waals surface area contributed by atoms with Gasteiger partial charge in [-0.25, -0.2) is 0 Å². The van der Waals surface area contributed by atoms with E-state index in [0.717, 1.165) is 27.7 Å². The van der Waals surface area contributed by atoms with Crippen molar-refractivity contribution in [3.8, 4) is 33.9 Å². The molecule has 2 aliphatic rings. The first-order valence-electron chi connectivity index (χ1n) is 21.3. The lowest BCUT2D eigenvalue weighted by Crippen LogP contribution is -2.38. The number of benzene rings is 3. The van der Waals surface area contributed by atoms with Gasteiger partial charge in [0.25, 0.3) is 0 Å². The van der Waals surface area contributed by atoms with Crippen LogP contribution >= 0.6 is 23.2 Å². The molecule has 0 fully saturated rings. The summed E-state index contributed by atoms with van der Waals surface area (Å²) in [6, 6.07) is 9.99. The minimum Gasteiger partial charge on any atom is -0.489 e. The maximum Gasteiger partial charge on any atom is 0.328 e. The molecule has 25 nitrogen and oxygen atoms in total. The lowest BCUT2D eigenvalue weighted by Gasteiger charge is -2.26. The van der Waals surface area contributed by atoms with E-state index in [1.807, 2.05) is 0 Å². The van der Waals surface area contributed by atoms with Crippen molar-refractivity contribution < 1.29 is 104 Å². The number of rotatable bonds is 28. The monoisotopic (exact) mass is 1070 g/mol. The molecule has 27 heteroatoms. The Bertz CT molecular complexity index is 2620. The number of carbonyl (C=O) groups excluding carboxylic acids is 9. The minimum atomic E-state index is -0.978. The zero-order chi connectivity index (χ0) is 53.6. The van der Waals surface area contributed by atoms with E-state index in [1.54, 1.807) is 6.07 Å². The Hall–Kier alpha value is -7.74. The second kappa shape index (κ2) is 28.9. The summed E-state index contributed by atoms with van der Waals surface area (Å²) >= 11 is 13.0. The van der Waals surface area contributed by atoms with Crippen LogP contribution in [0.1, 0.15) is 34.6 Å². The van der Waals surface area contributed by atoms with Crippen LogP contribution in [0.2, 0.25) is 10.0 Å². The lowest BCUT2D eigenvalue weighted by molar-refractivity contribution is -0.170. The van der Waals surface area contributed by atoms with Crippen molar-refractivity contribution in [2.24, 2.45) is 0 Å². The zero-order valence-electron chi connectivity index (χ0n) is 39.8. The van der Waals surface area contributed by atoms with Gasteiger partial charge in [0.05, 0.1) is 42.0 Å². The summed E-state index contributed by atoms with van der Waals surface area (Å²) < 4.78 is 67.2. The van der Waals surface area contributed by atoms with Crippen LogP contribution in [-0.4, -0.2) is 145 Å². The maximum absolute atomic E-state index is 13.1. The Morgan fingerprint density at radius 1 is 0.521 bits per heavy atom. The third-order valence-electron chi connectivity index (χ3n) is 9.20. The number of hydrogen-bond donors (Lipinski definition) is 0. The highest BCUT2D eigenvalue weighted by molar-refractivity contribution is 6.33. The molecule has 0 amide bonds. The molecule has 4 rings (SSSR count). The summed E-state index contributed by atoms with van der Waals surface area (Å²) in [5.41, 5.74) is 0.696. The Morgan fingerprint density at radius 2 is 1.03 bits per heavy atom. The highest BCUT2D eigenvalue weighted by Gasteiger charge is 2.26. The van der Waals surface area contributed by atoms with E-state index in [9.17, 15) is 47.9 Å². The molecule has 0 radical (unpaired) electrons. The van der Waals surface area contributed by atoms with Gasteiger partial charge in [-0.15, -0.1) is 0 Å². The molecule has 1 aliphatic carbocycles. The number of esters is 9. The Balaban J connectivity index is 1.74. The van der Waals surface area contributed by atoms with Crippen molar-refractivity contribution >= 4 is 93.6 Å². The van der Waals surface area contributed by atoms with Gasteiger partial charge in [-0.3, -0.25) is 52.8 Å². The maximum atomic E-state index is 13.1. The number of fused-ring (bicyclic) bond motifs is 2. The third-order valence-corrected chi connectivity index (χ3v) is 9.79. The number of nitrogens with zero attached hydrogens (tertiary/aromatic N) is 2. The normalized spacial score (nSPS) is 10.7. The highest BCUT2D eigenvalue weighted by Crippen LogP contribution is 2.45. The van der Waals surface area contributed by atoms with Crippen LogP contribution in [0.25, 0.3) is 33.4 Å². The molecule has 0 spiro atoms. The lowest BCUT2D eigenvalue weighted by atomic mass is 9.93. The summed E-state index contributed by atoms with van der Waals surface area (Å²) in [4.78, 5) is 123. The van der Waals surface area contributed by atoms with Crippen LogP contribution in [0.5, 0.6) is 11.5 Å². The van der Waals surface area contributed by atoms with E-state index >= 15 is 0 Å². The van der Waals surface area contributed by atoms with Gasteiger partial charge in [0.15, 0.2) is 0 Å². The van der Waals surface area contributed by atoms with Gasteiger partial charge >= 0.3 is 53.7 Å². The molecule has 0 atom stereocenters. The Labute approximate surface area is 424 Å². The van der Waals surface area contributed by atoms with Crippen molar-refractivity contribution in [1.82, 2.24) is 4.90 Å². The quantitative estimate of drug-likeness (QED) is 0.0258. The van der Waals surface area contributed by atoms with E-state index in [2.05, 4.69) is 9.47 Å². The van der Waals surface area contributed by atoms with Crippen LogP contribution in [0, 0.1) is 0 Å². The molecule has 394 valence electrons. The third kappa shape index (κ3) is 19.8. The van der Waals surface area contributed by atoms with Gasteiger partial charge in [0, 0.05) is 69.8 Å². The summed E-state index contributed by atoms with van der Waals surface area (Å²) in [7, 11) is 0.